The first-order valence-electron chi connectivity index (χ1n) is 12.1. The van der Waals surface area contributed by atoms with E-state index in [4.69, 9.17) is 4.98 Å². The van der Waals surface area contributed by atoms with E-state index in [0.717, 1.165) is 17.2 Å². The van der Waals surface area contributed by atoms with Crippen molar-refractivity contribution in [3.63, 3.8) is 0 Å². The number of hydrogen-bond donors (Lipinski definition) is 0. The van der Waals surface area contributed by atoms with Crippen molar-refractivity contribution >= 4 is 33.2 Å². The van der Waals surface area contributed by atoms with Crippen molar-refractivity contribution in [2.24, 2.45) is 5.41 Å². The zero-order valence-electron chi connectivity index (χ0n) is 21.3. The summed E-state index contributed by atoms with van der Waals surface area (Å²) in [5.74, 6) is 2.05. The maximum atomic E-state index is 13.3. The Morgan fingerprint density at radius 1 is 1.08 bits per heavy atom. The molecule has 1 amide bonds. The Hall–Kier alpha value is -3.26. The lowest BCUT2D eigenvalue weighted by Crippen LogP contribution is -2.64. The molecule has 3 aliphatic rings. The van der Waals surface area contributed by atoms with Gasteiger partial charge in [-0.3, -0.25) is 4.79 Å². The number of amides is 1. The molecular weight excluding hydrogens is 478 g/mol. The summed E-state index contributed by atoms with van der Waals surface area (Å²) in [7, 11) is -3.11. The minimum Gasteiger partial charge on any atom is -0.350 e. The molecule has 0 N–H and O–H groups in total. The van der Waals surface area contributed by atoms with Gasteiger partial charge < -0.3 is 14.7 Å². The van der Waals surface area contributed by atoms with Crippen molar-refractivity contribution < 1.29 is 13.2 Å². The van der Waals surface area contributed by atoms with Crippen LogP contribution in [0.1, 0.15) is 45.7 Å². The molecule has 0 bridgehead atoms. The zero-order chi connectivity index (χ0) is 26.0. The van der Waals surface area contributed by atoms with Gasteiger partial charge in [0.1, 0.15) is 23.8 Å². The number of fused-ring (bicyclic) bond motifs is 1. The fourth-order valence-electron chi connectivity index (χ4n) is 5.87. The number of sulfone groups is 1. The first kappa shape index (κ1) is 24.4. The Morgan fingerprint density at radius 2 is 1.78 bits per heavy atom. The van der Waals surface area contributed by atoms with Crippen LogP contribution in [0.5, 0.6) is 0 Å². The number of nitriles is 1. The van der Waals surface area contributed by atoms with Crippen LogP contribution in [-0.2, 0) is 20.0 Å². The van der Waals surface area contributed by atoms with E-state index in [-0.39, 0.29) is 34.9 Å². The highest BCUT2D eigenvalue weighted by atomic mass is 32.2. The summed E-state index contributed by atoms with van der Waals surface area (Å²) in [6.45, 7) is 11.8. The molecule has 3 aliphatic heterocycles. The number of aromatic nitrogens is 3. The van der Waals surface area contributed by atoms with Crippen LogP contribution in [-0.4, -0.2) is 77.4 Å². The van der Waals surface area contributed by atoms with Gasteiger partial charge in [0.15, 0.2) is 9.84 Å². The van der Waals surface area contributed by atoms with E-state index in [2.05, 4.69) is 41.7 Å². The molecule has 190 valence electrons. The third-order valence-corrected chi connectivity index (χ3v) is 9.71. The molecular formula is C25H31N7O3S. The summed E-state index contributed by atoms with van der Waals surface area (Å²) in [5.41, 5.74) is 0.445. The minimum absolute atomic E-state index is 0.0191. The molecule has 36 heavy (non-hydrogen) atoms. The second kappa shape index (κ2) is 8.13. The van der Waals surface area contributed by atoms with Gasteiger partial charge in [-0.05, 0) is 32.9 Å². The van der Waals surface area contributed by atoms with Crippen molar-refractivity contribution in [2.75, 3.05) is 40.9 Å². The summed E-state index contributed by atoms with van der Waals surface area (Å²) in [6.07, 6.45) is 3.20. The van der Waals surface area contributed by atoms with Crippen LogP contribution >= 0.6 is 0 Å². The number of rotatable bonds is 3. The topological polar surface area (TPSA) is 123 Å². The fraction of sp³-hybridized carbons (Fsp3) is 0.560. The molecule has 5 heterocycles. The van der Waals surface area contributed by atoms with Crippen LogP contribution in [0.4, 0.5) is 17.5 Å². The lowest BCUT2D eigenvalue weighted by atomic mass is 9.87. The SMILES string of the molecule is C[C@@H]1CN(c2ncnc3c2C(C)(C)CN3c2cc(C#N)ccn2)[C@@H](C)CN1C(=O)C1(C)CS(=O)(=O)C1. The first-order chi connectivity index (χ1) is 16.8. The largest absolute Gasteiger partial charge is 0.350 e. The van der Waals surface area contributed by atoms with Gasteiger partial charge in [-0.1, -0.05) is 13.8 Å². The van der Waals surface area contributed by atoms with Gasteiger partial charge in [0.05, 0.1) is 28.6 Å². The second-order valence-corrected chi connectivity index (χ2v) is 13.3. The average Bonchev–Trinajstić information content (AvgIpc) is 3.09. The van der Waals surface area contributed by atoms with Crippen LogP contribution in [0, 0.1) is 16.7 Å². The molecule has 2 saturated heterocycles. The lowest BCUT2D eigenvalue weighted by Gasteiger charge is -2.49. The normalized spacial score (nSPS) is 25.6. The van der Waals surface area contributed by atoms with Gasteiger partial charge in [-0.25, -0.2) is 23.4 Å². The highest BCUT2D eigenvalue weighted by Gasteiger charge is 2.53. The Labute approximate surface area is 211 Å². The zero-order valence-corrected chi connectivity index (χ0v) is 22.1. The molecule has 2 fully saturated rings. The molecule has 0 unspecified atom stereocenters. The number of piperazine rings is 1. The molecule has 0 radical (unpaired) electrons. The number of nitrogens with zero attached hydrogens (tertiary/aromatic N) is 7. The van der Waals surface area contributed by atoms with E-state index in [1.807, 2.05) is 16.7 Å². The van der Waals surface area contributed by atoms with Crippen molar-refractivity contribution in [3.8, 4) is 6.07 Å². The lowest BCUT2D eigenvalue weighted by molar-refractivity contribution is -0.142. The molecule has 2 aromatic heterocycles. The molecule has 0 aliphatic carbocycles. The smallest absolute Gasteiger partial charge is 0.230 e. The van der Waals surface area contributed by atoms with Crippen LogP contribution < -0.4 is 9.80 Å². The molecule has 2 atom stereocenters. The van der Waals surface area contributed by atoms with Gasteiger partial charge >= 0.3 is 0 Å². The van der Waals surface area contributed by atoms with Gasteiger partial charge in [0, 0.05) is 48.9 Å². The third kappa shape index (κ3) is 3.88. The van der Waals surface area contributed by atoms with Crippen LogP contribution in [0.15, 0.2) is 24.7 Å². The maximum absolute atomic E-state index is 13.3. The molecule has 10 nitrogen and oxygen atoms in total. The van der Waals surface area contributed by atoms with Gasteiger partial charge in [-0.15, -0.1) is 0 Å². The van der Waals surface area contributed by atoms with Crippen molar-refractivity contribution in [1.82, 2.24) is 19.9 Å². The summed E-state index contributed by atoms with van der Waals surface area (Å²) in [4.78, 5) is 33.2. The van der Waals surface area contributed by atoms with Crippen molar-refractivity contribution in [3.05, 3.63) is 35.8 Å². The fourth-order valence-corrected chi connectivity index (χ4v) is 7.98. The number of carbonyl (C=O) groups excluding carboxylic acids is 1. The van der Waals surface area contributed by atoms with Crippen LogP contribution in [0.25, 0.3) is 0 Å². The van der Waals surface area contributed by atoms with Crippen LogP contribution in [0.2, 0.25) is 0 Å². The molecule has 0 aromatic carbocycles. The monoisotopic (exact) mass is 509 g/mol. The van der Waals surface area contributed by atoms with E-state index in [1.54, 1.807) is 31.6 Å². The first-order valence-corrected chi connectivity index (χ1v) is 13.9. The summed E-state index contributed by atoms with van der Waals surface area (Å²) < 4.78 is 23.6. The number of hydrogen-bond acceptors (Lipinski definition) is 9. The molecule has 0 saturated carbocycles. The standard InChI is InChI=1S/C25H31N7O3S/c1-16-11-31(23(33)25(5)13-36(34,35)14-25)17(2)10-30(16)21-20-22(29-15-28-21)32(12-24(20,3)4)19-8-18(9-26)6-7-27-19/h6-8,15-17H,10-14H2,1-5H3/t16-,17+/m0/s1. The Balaban J connectivity index is 1.45. The van der Waals surface area contributed by atoms with E-state index in [9.17, 15) is 18.5 Å². The predicted octanol–water partition coefficient (Wildman–Crippen LogP) is 2.03. The third-order valence-electron chi connectivity index (χ3n) is 7.56. The van der Waals surface area contributed by atoms with Gasteiger partial charge in [0.25, 0.3) is 0 Å². The minimum atomic E-state index is -3.11. The maximum Gasteiger partial charge on any atom is 0.230 e. The Kier molecular flexibility index (Phi) is 5.52. The number of pyridine rings is 1. The van der Waals surface area contributed by atoms with E-state index < -0.39 is 15.3 Å². The summed E-state index contributed by atoms with van der Waals surface area (Å²) >= 11 is 0. The van der Waals surface area contributed by atoms with Crippen molar-refractivity contribution in [1.29, 1.82) is 5.26 Å². The number of carbonyl (C=O) groups is 1. The number of anilines is 3. The van der Waals surface area contributed by atoms with E-state index in [1.165, 1.54) is 0 Å². The van der Waals surface area contributed by atoms with E-state index >= 15 is 0 Å². The summed E-state index contributed by atoms with van der Waals surface area (Å²) in [5, 5.41) is 9.34. The quantitative estimate of drug-likeness (QED) is 0.611. The molecule has 0 spiro atoms. The van der Waals surface area contributed by atoms with E-state index in [0.29, 0.717) is 31.0 Å². The Morgan fingerprint density at radius 3 is 2.44 bits per heavy atom. The second-order valence-electron chi connectivity index (χ2n) is 11.3. The summed E-state index contributed by atoms with van der Waals surface area (Å²) in [6, 6.07) is 5.50. The van der Waals surface area contributed by atoms with Crippen LogP contribution in [0.3, 0.4) is 0 Å². The molecule has 2 aromatic rings. The molecule has 11 heteroatoms. The highest BCUT2D eigenvalue weighted by molar-refractivity contribution is 7.93. The Bertz CT molecular complexity index is 1370. The van der Waals surface area contributed by atoms with Gasteiger partial charge in [-0.2, -0.15) is 5.26 Å². The highest BCUT2D eigenvalue weighted by Crippen LogP contribution is 2.47. The predicted molar refractivity (Wildman–Crippen MR) is 136 cm³/mol. The average molecular weight is 510 g/mol. The molecule has 5 rings (SSSR count). The van der Waals surface area contributed by atoms with Crippen molar-refractivity contribution in [2.45, 2.75) is 52.1 Å². The van der Waals surface area contributed by atoms with Gasteiger partial charge in [0.2, 0.25) is 5.91 Å².